The number of carbonyl (C=O) groups is 3. The van der Waals surface area contributed by atoms with Crippen LogP contribution in [0.2, 0.25) is 0 Å². The van der Waals surface area contributed by atoms with Crippen molar-refractivity contribution in [3.63, 3.8) is 0 Å². The Morgan fingerprint density at radius 1 is 1.10 bits per heavy atom. The van der Waals surface area contributed by atoms with Crippen LogP contribution in [-0.2, 0) is 17.6 Å². The first-order valence-corrected chi connectivity index (χ1v) is 14.6. The predicted molar refractivity (Wildman–Crippen MR) is 157 cm³/mol. The Morgan fingerprint density at radius 3 is 2.50 bits per heavy atom. The molecule has 0 bridgehead atoms. The number of imide groups is 1. The molecule has 1 unspecified atom stereocenters. The van der Waals surface area contributed by atoms with Gasteiger partial charge in [-0.15, -0.1) is 0 Å². The van der Waals surface area contributed by atoms with Crippen molar-refractivity contribution in [1.29, 1.82) is 0 Å². The molecule has 4 rings (SSSR count). The SMILES string of the molecule is Cc1c(C)c2c(c(C)c1CCCCCCNC(=O)O)CCC(C)(COc1ccc(C=C3SC(=O)NC3=O)cc1)O2. The normalized spacial score (nSPS) is 19.2. The highest BCUT2D eigenvalue weighted by Gasteiger charge is 2.35. The van der Waals surface area contributed by atoms with Gasteiger partial charge in [-0.05, 0) is 123 Å². The lowest BCUT2D eigenvalue weighted by Crippen LogP contribution is -2.42. The Labute approximate surface area is 239 Å². The van der Waals surface area contributed by atoms with Gasteiger partial charge in [-0.3, -0.25) is 14.9 Å². The molecule has 2 heterocycles. The van der Waals surface area contributed by atoms with E-state index in [1.807, 2.05) is 24.3 Å². The minimum Gasteiger partial charge on any atom is -0.489 e. The van der Waals surface area contributed by atoms with Crippen molar-refractivity contribution < 1.29 is 29.0 Å². The first kappa shape index (κ1) is 29.5. The number of amides is 3. The van der Waals surface area contributed by atoms with Crippen LogP contribution in [0.15, 0.2) is 29.2 Å². The number of fused-ring (bicyclic) bond motifs is 1. The van der Waals surface area contributed by atoms with Crippen LogP contribution in [0.1, 0.15) is 72.4 Å². The van der Waals surface area contributed by atoms with E-state index >= 15 is 0 Å². The Balaban J connectivity index is 1.34. The highest BCUT2D eigenvalue weighted by atomic mass is 32.2. The molecule has 9 heteroatoms. The number of hydrogen-bond acceptors (Lipinski definition) is 6. The van der Waals surface area contributed by atoms with Crippen LogP contribution >= 0.6 is 11.8 Å². The molecule has 3 N–H and O–H groups in total. The van der Waals surface area contributed by atoms with Gasteiger partial charge in [-0.25, -0.2) is 4.79 Å². The maximum Gasteiger partial charge on any atom is 0.404 e. The molecule has 214 valence electrons. The van der Waals surface area contributed by atoms with Crippen molar-refractivity contribution in [2.75, 3.05) is 13.2 Å². The van der Waals surface area contributed by atoms with Gasteiger partial charge in [0.1, 0.15) is 23.7 Å². The first-order valence-electron chi connectivity index (χ1n) is 13.8. The van der Waals surface area contributed by atoms with Crippen LogP contribution in [-0.4, -0.2) is 41.1 Å². The molecule has 0 saturated carbocycles. The summed E-state index contributed by atoms with van der Waals surface area (Å²) >= 11 is 0.903. The van der Waals surface area contributed by atoms with E-state index in [4.69, 9.17) is 14.6 Å². The van der Waals surface area contributed by atoms with E-state index in [-0.39, 0.29) is 11.1 Å². The molecule has 3 amide bonds. The van der Waals surface area contributed by atoms with Gasteiger partial charge in [0.15, 0.2) is 0 Å². The lowest BCUT2D eigenvalue weighted by molar-refractivity contribution is -0.115. The number of benzene rings is 2. The number of carbonyl (C=O) groups excluding carboxylic acids is 2. The lowest BCUT2D eigenvalue weighted by Gasteiger charge is -2.38. The van der Waals surface area contributed by atoms with E-state index in [1.54, 1.807) is 6.08 Å². The number of nitrogens with one attached hydrogen (secondary N) is 2. The molecule has 2 aliphatic heterocycles. The molecule has 0 aliphatic carbocycles. The molecule has 8 nitrogen and oxygen atoms in total. The standard InChI is InChI=1S/C31H38N2O6S/c1-19-20(2)27-25(21(3)24(19)9-7-5-6-8-16-32-29(35)36)14-15-31(4,39-27)18-38-23-12-10-22(11-13-23)17-26-28(34)33-30(37)40-26/h10-13,17,32H,5-9,14-16,18H2,1-4H3,(H,35,36)(H,33,34,37). The second-order valence-corrected chi connectivity index (χ2v) is 11.8. The van der Waals surface area contributed by atoms with Crippen molar-refractivity contribution in [3.8, 4) is 11.5 Å². The molecule has 1 saturated heterocycles. The van der Waals surface area contributed by atoms with Crippen molar-refractivity contribution in [1.82, 2.24) is 10.6 Å². The van der Waals surface area contributed by atoms with E-state index in [1.165, 1.54) is 27.8 Å². The fraction of sp³-hybridized carbons (Fsp3) is 0.452. The smallest absolute Gasteiger partial charge is 0.404 e. The lowest BCUT2D eigenvalue weighted by atomic mass is 9.84. The van der Waals surface area contributed by atoms with E-state index in [0.29, 0.717) is 18.1 Å². The molecule has 0 spiro atoms. The second kappa shape index (κ2) is 12.8. The summed E-state index contributed by atoms with van der Waals surface area (Å²) in [5.41, 5.74) is 6.88. The molecule has 0 aromatic heterocycles. The highest BCUT2D eigenvalue weighted by molar-refractivity contribution is 8.18. The third-order valence-corrected chi connectivity index (χ3v) is 8.59. The van der Waals surface area contributed by atoms with Crippen LogP contribution in [0.4, 0.5) is 9.59 Å². The van der Waals surface area contributed by atoms with Gasteiger partial charge in [0.05, 0.1) is 4.91 Å². The van der Waals surface area contributed by atoms with Crippen LogP contribution in [0.3, 0.4) is 0 Å². The topological polar surface area (TPSA) is 114 Å². The predicted octanol–water partition coefficient (Wildman–Crippen LogP) is 6.47. The molecule has 2 aromatic carbocycles. The Bertz CT molecular complexity index is 1320. The summed E-state index contributed by atoms with van der Waals surface area (Å²) in [5, 5.41) is 13.0. The maximum atomic E-state index is 11.8. The molecular formula is C31H38N2O6S. The zero-order chi connectivity index (χ0) is 28.9. The van der Waals surface area contributed by atoms with Crippen LogP contribution in [0, 0.1) is 20.8 Å². The van der Waals surface area contributed by atoms with Crippen molar-refractivity contribution in [2.45, 2.75) is 78.2 Å². The third kappa shape index (κ3) is 7.18. The summed E-state index contributed by atoms with van der Waals surface area (Å²) in [4.78, 5) is 34.1. The maximum absolute atomic E-state index is 11.8. The number of carboxylic acid groups (broad SMARTS) is 1. The molecule has 1 atom stereocenters. The third-order valence-electron chi connectivity index (χ3n) is 7.78. The average Bonchev–Trinajstić information content (AvgIpc) is 3.23. The summed E-state index contributed by atoms with van der Waals surface area (Å²) in [5.74, 6) is 1.34. The summed E-state index contributed by atoms with van der Waals surface area (Å²) in [6.07, 6.45) is 7.58. The number of ether oxygens (including phenoxy) is 2. The fourth-order valence-corrected chi connectivity index (χ4v) is 5.99. The van der Waals surface area contributed by atoms with Crippen molar-refractivity contribution in [3.05, 3.63) is 62.6 Å². The number of hydrogen-bond donors (Lipinski definition) is 3. The van der Waals surface area contributed by atoms with E-state index in [0.717, 1.165) is 73.8 Å². The van der Waals surface area contributed by atoms with Gasteiger partial charge in [0, 0.05) is 6.54 Å². The zero-order valence-corrected chi connectivity index (χ0v) is 24.5. The zero-order valence-electron chi connectivity index (χ0n) is 23.6. The minimum absolute atomic E-state index is 0.352. The monoisotopic (exact) mass is 566 g/mol. The number of rotatable bonds is 11. The first-order chi connectivity index (χ1) is 19.1. The average molecular weight is 567 g/mol. The largest absolute Gasteiger partial charge is 0.489 e. The summed E-state index contributed by atoms with van der Waals surface area (Å²) in [6.45, 7) is 9.55. The van der Waals surface area contributed by atoms with Crippen molar-refractivity contribution in [2.24, 2.45) is 0 Å². The molecule has 1 fully saturated rings. The van der Waals surface area contributed by atoms with Gasteiger partial charge >= 0.3 is 6.09 Å². The molecule has 40 heavy (non-hydrogen) atoms. The van der Waals surface area contributed by atoms with E-state index in [9.17, 15) is 14.4 Å². The number of unbranched alkanes of at least 4 members (excludes halogenated alkanes) is 3. The van der Waals surface area contributed by atoms with Crippen LogP contribution in [0.25, 0.3) is 6.08 Å². The second-order valence-electron chi connectivity index (χ2n) is 10.8. The van der Waals surface area contributed by atoms with Gasteiger partial charge in [-0.2, -0.15) is 0 Å². The minimum atomic E-state index is -0.959. The molecule has 2 aliphatic rings. The fourth-order valence-electron chi connectivity index (χ4n) is 5.30. The summed E-state index contributed by atoms with van der Waals surface area (Å²) in [6, 6.07) is 7.45. The van der Waals surface area contributed by atoms with Gasteiger partial charge in [0.2, 0.25) is 0 Å². The van der Waals surface area contributed by atoms with Gasteiger partial charge in [-0.1, -0.05) is 25.0 Å². The van der Waals surface area contributed by atoms with Crippen LogP contribution in [0.5, 0.6) is 11.5 Å². The van der Waals surface area contributed by atoms with E-state index in [2.05, 4.69) is 38.3 Å². The number of thioether (sulfide) groups is 1. The van der Waals surface area contributed by atoms with Gasteiger partial charge in [0.25, 0.3) is 11.1 Å². The van der Waals surface area contributed by atoms with E-state index < -0.39 is 11.7 Å². The van der Waals surface area contributed by atoms with Gasteiger partial charge < -0.3 is 19.9 Å². The highest BCUT2D eigenvalue weighted by Crippen LogP contribution is 2.41. The molecule has 2 aromatic rings. The summed E-state index contributed by atoms with van der Waals surface area (Å²) in [7, 11) is 0. The van der Waals surface area contributed by atoms with Crippen molar-refractivity contribution >= 4 is 35.1 Å². The molecule has 0 radical (unpaired) electrons. The Hall–Kier alpha value is -3.46. The molecular weight excluding hydrogens is 528 g/mol. The quantitative estimate of drug-likeness (QED) is 0.211. The van der Waals surface area contributed by atoms with Crippen LogP contribution < -0.4 is 20.1 Å². The Morgan fingerprint density at radius 2 is 1.82 bits per heavy atom. The Kier molecular flexibility index (Phi) is 9.45. The summed E-state index contributed by atoms with van der Waals surface area (Å²) < 4.78 is 12.8.